The van der Waals surface area contributed by atoms with E-state index < -0.39 is 6.36 Å². The van der Waals surface area contributed by atoms with Crippen molar-refractivity contribution in [2.24, 2.45) is 0 Å². The minimum atomic E-state index is -4.71. The number of alkyl halides is 3. The lowest BCUT2D eigenvalue weighted by Crippen LogP contribution is -2.16. The lowest BCUT2D eigenvalue weighted by molar-refractivity contribution is -0.274. The van der Waals surface area contributed by atoms with Gasteiger partial charge in [-0.2, -0.15) is 0 Å². The van der Waals surface area contributed by atoms with Gasteiger partial charge in [0.15, 0.2) is 5.82 Å². The summed E-state index contributed by atoms with van der Waals surface area (Å²) in [6.45, 7) is 3.77. The monoisotopic (exact) mass is 297 g/mol. The maximum absolute atomic E-state index is 12.1. The highest BCUT2D eigenvalue weighted by molar-refractivity contribution is 5.59. The van der Waals surface area contributed by atoms with E-state index in [0.717, 1.165) is 17.7 Å². The second-order valence-electron chi connectivity index (χ2n) is 4.42. The topological polar surface area (TPSA) is 61.0 Å². The Morgan fingerprint density at radius 2 is 1.76 bits per heavy atom. The number of benzene rings is 1. The number of anilines is 1. The van der Waals surface area contributed by atoms with E-state index >= 15 is 0 Å². The van der Waals surface area contributed by atoms with Crippen LogP contribution in [0.5, 0.6) is 5.75 Å². The van der Waals surface area contributed by atoms with Crippen molar-refractivity contribution in [3.05, 3.63) is 35.5 Å². The fourth-order valence-electron chi connectivity index (χ4n) is 1.99. The van der Waals surface area contributed by atoms with Crippen LogP contribution in [0.15, 0.2) is 24.3 Å². The van der Waals surface area contributed by atoms with E-state index in [2.05, 4.69) is 14.7 Å². The van der Waals surface area contributed by atoms with Crippen molar-refractivity contribution in [2.75, 3.05) is 5.73 Å². The summed E-state index contributed by atoms with van der Waals surface area (Å²) in [5.41, 5.74) is 8.06. The number of aryl methyl sites for hydroxylation is 1. The first-order valence-electron chi connectivity index (χ1n) is 6.29. The van der Waals surface area contributed by atoms with Gasteiger partial charge in [-0.25, -0.2) is 9.97 Å². The lowest BCUT2D eigenvalue weighted by Gasteiger charge is -2.10. The fourth-order valence-corrected chi connectivity index (χ4v) is 1.99. The Morgan fingerprint density at radius 3 is 2.24 bits per heavy atom. The van der Waals surface area contributed by atoms with Crippen molar-refractivity contribution in [2.45, 2.75) is 26.6 Å². The van der Waals surface area contributed by atoms with E-state index in [0.29, 0.717) is 17.2 Å². The van der Waals surface area contributed by atoms with E-state index in [9.17, 15) is 13.2 Å². The van der Waals surface area contributed by atoms with Crippen LogP contribution in [0.2, 0.25) is 0 Å². The quantitative estimate of drug-likeness (QED) is 0.942. The van der Waals surface area contributed by atoms with Crippen molar-refractivity contribution < 1.29 is 17.9 Å². The molecule has 0 unspecified atom stereocenters. The average molecular weight is 297 g/mol. The van der Waals surface area contributed by atoms with E-state index in [1.807, 2.05) is 13.8 Å². The van der Waals surface area contributed by atoms with Crippen LogP contribution in [0.1, 0.15) is 18.2 Å². The lowest BCUT2D eigenvalue weighted by atomic mass is 10.1. The molecule has 0 atom stereocenters. The van der Waals surface area contributed by atoms with Gasteiger partial charge in [-0.3, -0.25) is 0 Å². The summed E-state index contributed by atoms with van der Waals surface area (Å²) < 4.78 is 40.1. The van der Waals surface area contributed by atoms with Crippen molar-refractivity contribution in [3.8, 4) is 17.1 Å². The highest BCUT2D eigenvalue weighted by Gasteiger charge is 2.31. The highest BCUT2D eigenvalue weighted by Crippen LogP contribution is 2.26. The van der Waals surface area contributed by atoms with Gasteiger partial charge in [0, 0.05) is 16.8 Å². The van der Waals surface area contributed by atoms with Crippen LogP contribution in [0, 0.1) is 6.92 Å². The summed E-state index contributed by atoms with van der Waals surface area (Å²) >= 11 is 0. The first-order valence-corrected chi connectivity index (χ1v) is 6.29. The SMILES string of the molecule is CCc1c(C)nc(-c2ccc(OC(F)(F)F)cc2)nc1N. The zero-order valence-electron chi connectivity index (χ0n) is 11.5. The Morgan fingerprint density at radius 1 is 1.14 bits per heavy atom. The molecule has 0 aliphatic heterocycles. The van der Waals surface area contributed by atoms with Gasteiger partial charge < -0.3 is 10.5 Å². The number of nitrogen functional groups attached to an aromatic ring is 1. The van der Waals surface area contributed by atoms with Crippen LogP contribution in [0.3, 0.4) is 0 Å². The molecule has 0 aliphatic rings. The van der Waals surface area contributed by atoms with Crippen LogP contribution in [-0.4, -0.2) is 16.3 Å². The molecular weight excluding hydrogens is 283 g/mol. The van der Waals surface area contributed by atoms with Crippen molar-refractivity contribution >= 4 is 5.82 Å². The molecule has 4 nitrogen and oxygen atoms in total. The highest BCUT2D eigenvalue weighted by atomic mass is 19.4. The van der Waals surface area contributed by atoms with Crippen molar-refractivity contribution in [1.29, 1.82) is 0 Å². The maximum Gasteiger partial charge on any atom is 0.573 e. The molecule has 7 heteroatoms. The van der Waals surface area contributed by atoms with E-state index in [1.165, 1.54) is 24.3 Å². The third kappa shape index (κ3) is 3.62. The Labute approximate surface area is 119 Å². The number of nitrogens with two attached hydrogens (primary N) is 1. The van der Waals surface area contributed by atoms with Gasteiger partial charge in [0.2, 0.25) is 0 Å². The van der Waals surface area contributed by atoms with Crippen LogP contribution in [0.4, 0.5) is 19.0 Å². The summed E-state index contributed by atoms with van der Waals surface area (Å²) in [5.74, 6) is 0.470. The normalized spacial score (nSPS) is 11.5. The predicted octanol–water partition coefficient (Wildman–Crippen LogP) is 3.50. The van der Waals surface area contributed by atoms with Crippen LogP contribution in [-0.2, 0) is 6.42 Å². The van der Waals surface area contributed by atoms with Crippen LogP contribution >= 0.6 is 0 Å². The standard InChI is InChI=1S/C14H14F3N3O/c1-3-11-8(2)19-13(20-12(11)18)9-4-6-10(7-5-9)21-14(15,16)17/h4-7H,3H2,1-2H3,(H2,18,19,20). The molecule has 0 amide bonds. The Kier molecular flexibility index (Phi) is 4.02. The smallest absolute Gasteiger partial charge is 0.406 e. The number of ether oxygens (including phenoxy) is 1. The average Bonchev–Trinajstić information content (AvgIpc) is 2.37. The molecule has 1 aromatic heterocycles. The number of hydrogen-bond donors (Lipinski definition) is 1. The van der Waals surface area contributed by atoms with Crippen LogP contribution < -0.4 is 10.5 Å². The third-order valence-electron chi connectivity index (χ3n) is 2.95. The molecule has 21 heavy (non-hydrogen) atoms. The zero-order valence-corrected chi connectivity index (χ0v) is 11.5. The molecule has 2 N–H and O–H groups in total. The molecule has 1 aromatic carbocycles. The first-order chi connectivity index (χ1) is 9.80. The van der Waals surface area contributed by atoms with Crippen LogP contribution in [0.25, 0.3) is 11.4 Å². The molecule has 0 bridgehead atoms. The first kappa shape index (κ1) is 15.1. The van der Waals surface area contributed by atoms with Gasteiger partial charge in [0.05, 0.1) is 0 Å². The van der Waals surface area contributed by atoms with Gasteiger partial charge in [-0.1, -0.05) is 6.92 Å². The molecule has 0 radical (unpaired) electrons. The number of halogens is 3. The number of aromatic nitrogens is 2. The summed E-state index contributed by atoms with van der Waals surface area (Å²) in [6, 6.07) is 5.35. The van der Waals surface area contributed by atoms with Crippen molar-refractivity contribution in [3.63, 3.8) is 0 Å². The summed E-state index contributed by atoms with van der Waals surface area (Å²) in [6.07, 6.45) is -3.99. The number of hydrogen-bond acceptors (Lipinski definition) is 4. The Balaban J connectivity index is 2.31. The predicted molar refractivity (Wildman–Crippen MR) is 72.7 cm³/mol. The van der Waals surface area contributed by atoms with E-state index in [1.54, 1.807) is 0 Å². The van der Waals surface area contributed by atoms with Gasteiger partial charge in [0.25, 0.3) is 0 Å². The molecule has 1 heterocycles. The minimum Gasteiger partial charge on any atom is -0.406 e. The number of rotatable bonds is 3. The van der Waals surface area contributed by atoms with Gasteiger partial charge in [-0.15, -0.1) is 13.2 Å². The van der Waals surface area contributed by atoms with E-state index in [-0.39, 0.29) is 5.75 Å². The Bertz CT molecular complexity index is 616. The second-order valence-corrected chi connectivity index (χ2v) is 4.42. The fraction of sp³-hybridized carbons (Fsp3) is 0.286. The largest absolute Gasteiger partial charge is 0.573 e. The molecule has 2 aromatic rings. The minimum absolute atomic E-state index is 0.291. The molecular formula is C14H14F3N3O. The second kappa shape index (κ2) is 5.59. The molecule has 0 saturated heterocycles. The Hall–Kier alpha value is -2.31. The summed E-state index contributed by atoms with van der Waals surface area (Å²) in [4.78, 5) is 8.51. The molecule has 112 valence electrons. The molecule has 2 rings (SSSR count). The summed E-state index contributed by atoms with van der Waals surface area (Å²) in [5, 5.41) is 0. The molecule has 0 aliphatic carbocycles. The molecule has 0 saturated carbocycles. The summed E-state index contributed by atoms with van der Waals surface area (Å²) in [7, 11) is 0. The molecule has 0 fully saturated rings. The van der Waals surface area contributed by atoms with Gasteiger partial charge in [0.1, 0.15) is 11.6 Å². The van der Waals surface area contributed by atoms with Gasteiger partial charge >= 0.3 is 6.36 Å². The third-order valence-corrected chi connectivity index (χ3v) is 2.95. The number of nitrogens with zero attached hydrogens (tertiary/aromatic N) is 2. The van der Waals surface area contributed by atoms with Crippen molar-refractivity contribution in [1.82, 2.24) is 9.97 Å². The zero-order chi connectivity index (χ0) is 15.6. The maximum atomic E-state index is 12.1. The van der Waals surface area contributed by atoms with E-state index in [4.69, 9.17) is 5.73 Å². The molecule has 0 spiro atoms. The van der Waals surface area contributed by atoms with Gasteiger partial charge in [-0.05, 0) is 37.6 Å².